The van der Waals surface area contributed by atoms with Crippen molar-refractivity contribution < 1.29 is 14.3 Å². The first-order valence-electron chi connectivity index (χ1n) is 8.37. The van der Waals surface area contributed by atoms with E-state index in [0.717, 1.165) is 0 Å². The molecule has 0 radical (unpaired) electrons. The molecule has 0 aliphatic heterocycles. The number of para-hydroxylation sites is 2. The summed E-state index contributed by atoms with van der Waals surface area (Å²) < 4.78 is 5.26. The topological polar surface area (TPSA) is 67.8 Å². The minimum Gasteiger partial charge on any atom is -0.496 e. The molecule has 0 bridgehead atoms. The fourth-order valence-corrected chi connectivity index (χ4v) is 2.52. The second-order valence-electron chi connectivity index (χ2n) is 5.66. The molecule has 0 aliphatic rings. The van der Waals surface area contributed by atoms with Crippen LogP contribution in [-0.2, 0) is 0 Å². The highest BCUT2D eigenvalue weighted by Crippen LogP contribution is 2.19. The second kappa shape index (κ2) is 8.58. The Balaban J connectivity index is 2.01. The minimum absolute atomic E-state index is 0.213. The van der Waals surface area contributed by atoms with Gasteiger partial charge in [0.25, 0.3) is 0 Å². The quantitative estimate of drug-likeness (QED) is 0.297. The summed E-state index contributed by atoms with van der Waals surface area (Å²) in [6, 6.07) is 24.4. The van der Waals surface area contributed by atoms with Crippen LogP contribution in [0.2, 0.25) is 0 Å². The number of nitrogens with one attached hydrogen (secondary N) is 1. The van der Waals surface area contributed by atoms with Crippen LogP contribution < -0.4 is 10.2 Å². The third-order valence-corrected chi connectivity index (χ3v) is 3.89. The van der Waals surface area contributed by atoms with Crippen LogP contribution in [-0.4, -0.2) is 24.4 Å². The fourth-order valence-electron chi connectivity index (χ4n) is 2.52. The molecule has 5 heteroatoms. The third kappa shape index (κ3) is 4.27. The Labute approximate surface area is 157 Å². The molecule has 3 aromatic rings. The van der Waals surface area contributed by atoms with E-state index in [1.165, 1.54) is 7.11 Å². The molecule has 0 saturated heterocycles. The maximum Gasteiger partial charge on any atom is 0.220 e. The zero-order valence-corrected chi connectivity index (χ0v) is 14.8. The molecule has 0 spiro atoms. The molecular formula is C22H18N2O3. The van der Waals surface area contributed by atoms with Crippen LogP contribution in [0.3, 0.4) is 0 Å². The number of methoxy groups -OCH3 is 1. The first-order valence-corrected chi connectivity index (χ1v) is 8.37. The summed E-state index contributed by atoms with van der Waals surface area (Å²) in [5.74, 6) is -0.588. The van der Waals surface area contributed by atoms with Crippen molar-refractivity contribution in [1.29, 1.82) is 0 Å². The fraction of sp³-hybridized carbons (Fsp3) is 0.0455. The zero-order valence-electron chi connectivity index (χ0n) is 14.8. The largest absolute Gasteiger partial charge is 0.496 e. The summed E-state index contributed by atoms with van der Waals surface area (Å²) in [7, 11) is 1.48. The van der Waals surface area contributed by atoms with Crippen molar-refractivity contribution in [2.45, 2.75) is 0 Å². The van der Waals surface area contributed by atoms with E-state index in [2.05, 4.69) is 10.5 Å². The normalized spacial score (nSPS) is 10.9. The van der Waals surface area contributed by atoms with Crippen molar-refractivity contribution in [2.24, 2.45) is 5.10 Å². The van der Waals surface area contributed by atoms with E-state index >= 15 is 0 Å². The van der Waals surface area contributed by atoms with Crippen molar-refractivity contribution in [3.8, 4) is 5.75 Å². The van der Waals surface area contributed by atoms with Gasteiger partial charge in [-0.25, -0.2) is 0 Å². The van der Waals surface area contributed by atoms with Gasteiger partial charge in [0, 0.05) is 5.56 Å². The Morgan fingerprint density at radius 3 is 2.04 bits per heavy atom. The van der Waals surface area contributed by atoms with E-state index in [-0.39, 0.29) is 11.3 Å². The van der Waals surface area contributed by atoms with Crippen LogP contribution in [0.1, 0.15) is 20.7 Å². The lowest BCUT2D eigenvalue weighted by Gasteiger charge is -2.10. The molecule has 3 aromatic carbocycles. The molecule has 134 valence electrons. The summed E-state index contributed by atoms with van der Waals surface area (Å²) >= 11 is 0. The molecule has 0 fully saturated rings. The Morgan fingerprint density at radius 2 is 1.37 bits per heavy atom. The molecule has 1 N–H and O–H groups in total. The average molecular weight is 358 g/mol. The molecule has 0 saturated carbocycles. The van der Waals surface area contributed by atoms with Crippen LogP contribution >= 0.6 is 0 Å². The molecule has 0 atom stereocenters. The molecule has 5 nitrogen and oxygen atoms in total. The molecule has 0 aromatic heterocycles. The number of hydrogen-bond acceptors (Lipinski definition) is 5. The first-order chi connectivity index (χ1) is 13.2. The van der Waals surface area contributed by atoms with Gasteiger partial charge in [0.15, 0.2) is 5.71 Å². The maximum absolute atomic E-state index is 13.1. The van der Waals surface area contributed by atoms with E-state index in [0.29, 0.717) is 17.0 Å². The Bertz CT molecular complexity index is 967. The molecule has 0 amide bonds. The Morgan fingerprint density at radius 1 is 0.778 bits per heavy atom. The van der Waals surface area contributed by atoms with Gasteiger partial charge in [-0.05, 0) is 24.3 Å². The van der Waals surface area contributed by atoms with Crippen LogP contribution in [0.5, 0.6) is 5.75 Å². The minimum atomic E-state index is -0.510. The second-order valence-corrected chi connectivity index (χ2v) is 5.66. The van der Waals surface area contributed by atoms with Crippen molar-refractivity contribution >= 4 is 23.0 Å². The molecule has 0 aliphatic carbocycles. The van der Waals surface area contributed by atoms with Gasteiger partial charge >= 0.3 is 0 Å². The number of anilines is 1. The molecule has 0 unspecified atom stereocenters. The number of carbonyl (C=O) groups excluding carboxylic acids is 2. The van der Waals surface area contributed by atoms with Crippen molar-refractivity contribution in [1.82, 2.24) is 0 Å². The lowest BCUT2D eigenvalue weighted by atomic mass is 9.99. The number of hydrazone groups is 1. The lowest BCUT2D eigenvalue weighted by Crippen LogP contribution is -2.26. The molecule has 3 rings (SSSR count). The van der Waals surface area contributed by atoms with E-state index in [1.807, 2.05) is 18.2 Å². The third-order valence-electron chi connectivity index (χ3n) is 3.89. The van der Waals surface area contributed by atoms with Gasteiger partial charge in [0.2, 0.25) is 11.6 Å². The summed E-state index contributed by atoms with van der Waals surface area (Å²) in [5.41, 5.74) is 3.91. The molecule has 0 heterocycles. The van der Waals surface area contributed by atoms with Crippen LogP contribution in [0.15, 0.2) is 90.0 Å². The number of rotatable bonds is 7. The monoisotopic (exact) mass is 358 g/mol. The number of hydrogen-bond donors (Lipinski definition) is 1. The highest BCUT2D eigenvalue weighted by molar-refractivity contribution is 6.72. The summed E-state index contributed by atoms with van der Waals surface area (Å²) in [6.45, 7) is 0. The van der Waals surface area contributed by atoms with Crippen molar-refractivity contribution in [3.63, 3.8) is 0 Å². The average Bonchev–Trinajstić information content (AvgIpc) is 2.75. The summed E-state index contributed by atoms with van der Waals surface area (Å²) in [6.07, 6.45) is 0. The van der Waals surface area contributed by atoms with Gasteiger partial charge in [-0.3, -0.25) is 15.0 Å². The van der Waals surface area contributed by atoms with Crippen LogP contribution in [0, 0.1) is 0 Å². The van der Waals surface area contributed by atoms with Gasteiger partial charge < -0.3 is 4.74 Å². The van der Waals surface area contributed by atoms with Gasteiger partial charge in [-0.1, -0.05) is 60.7 Å². The van der Waals surface area contributed by atoms with Gasteiger partial charge in [0.1, 0.15) is 5.75 Å². The number of carbonyl (C=O) groups is 2. The standard InChI is InChI=1S/C22H18N2O3/c1-27-19-15-9-8-14-18(19)22(26)20(21(25)16-10-4-2-5-11-16)24-23-17-12-6-3-7-13-17/h2-15,23H,1H3/b24-20+. The highest BCUT2D eigenvalue weighted by atomic mass is 16.5. The van der Waals surface area contributed by atoms with Crippen LogP contribution in [0.25, 0.3) is 0 Å². The van der Waals surface area contributed by atoms with E-state index < -0.39 is 11.6 Å². The Hall–Kier alpha value is -3.73. The predicted molar refractivity (Wildman–Crippen MR) is 106 cm³/mol. The molecular weight excluding hydrogens is 340 g/mol. The predicted octanol–water partition coefficient (Wildman–Crippen LogP) is 4.23. The zero-order chi connectivity index (χ0) is 19.1. The maximum atomic E-state index is 13.1. The van der Waals surface area contributed by atoms with Gasteiger partial charge in [0.05, 0.1) is 18.4 Å². The van der Waals surface area contributed by atoms with E-state index in [9.17, 15) is 9.59 Å². The number of Topliss-reactive ketones (excluding diaryl/α,β-unsaturated/α-hetero) is 2. The number of nitrogens with zero attached hydrogens (tertiary/aromatic N) is 1. The first kappa shape index (κ1) is 18.1. The number of ketones is 2. The number of benzene rings is 3. The SMILES string of the molecule is COc1ccccc1C(=O)/C(=N/Nc1ccccc1)C(=O)c1ccccc1. The lowest BCUT2D eigenvalue weighted by molar-refractivity contribution is 0.101. The smallest absolute Gasteiger partial charge is 0.220 e. The number of ether oxygens (including phenoxy) is 1. The molecule has 27 heavy (non-hydrogen) atoms. The highest BCUT2D eigenvalue weighted by Gasteiger charge is 2.25. The van der Waals surface area contributed by atoms with Gasteiger partial charge in [-0.15, -0.1) is 0 Å². The van der Waals surface area contributed by atoms with Crippen molar-refractivity contribution in [2.75, 3.05) is 12.5 Å². The van der Waals surface area contributed by atoms with E-state index in [1.54, 1.807) is 66.7 Å². The van der Waals surface area contributed by atoms with E-state index in [4.69, 9.17) is 4.74 Å². The van der Waals surface area contributed by atoms with Crippen molar-refractivity contribution in [3.05, 3.63) is 96.1 Å². The summed E-state index contributed by atoms with van der Waals surface area (Å²) in [5, 5.41) is 4.13. The summed E-state index contributed by atoms with van der Waals surface area (Å²) in [4.78, 5) is 26.0. The Kier molecular flexibility index (Phi) is 5.74. The van der Waals surface area contributed by atoms with Crippen LogP contribution in [0.4, 0.5) is 5.69 Å². The van der Waals surface area contributed by atoms with Gasteiger partial charge in [-0.2, -0.15) is 5.10 Å².